The molecule has 0 radical (unpaired) electrons. The maximum absolute atomic E-state index is 12.2. The zero-order chi connectivity index (χ0) is 17.6. The van der Waals surface area contributed by atoms with Crippen LogP contribution in [0.5, 0.6) is 0 Å². The van der Waals surface area contributed by atoms with E-state index in [-0.39, 0.29) is 11.3 Å². The van der Waals surface area contributed by atoms with Gasteiger partial charge in [-0.05, 0) is 17.7 Å². The summed E-state index contributed by atoms with van der Waals surface area (Å²) in [5.74, 6) is -0.967. The van der Waals surface area contributed by atoms with E-state index in [4.69, 9.17) is 5.11 Å². The van der Waals surface area contributed by atoms with Crippen LogP contribution >= 0.6 is 0 Å². The molecule has 1 aromatic carbocycles. The monoisotopic (exact) mass is 349 g/mol. The van der Waals surface area contributed by atoms with Crippen molar-refractivity contribution in [3.8, 4) is 0 Å². The van der Waals surface area contributed by atoms with E-state index >= 15 is 0 Å². The van der Waals surface area contributed by atoms with Crippen molar-refractivity contribution in [1.82, 2.24) is 15.0 Å². The van der Waals surface area contributed by atoms with Gasteiger partial charge in [0, 0.05) is 18.8 Å². The van der Waals surface area contributed by atoms with E-state index in [9.17, 15) is 18.0 Å². The average molecular weight is 349 g/mol. The third kappa shape index (κ3) is 4.78. The molecule has 1 atom stereocenters. The van der Waals surface area contributed by atoms with Gasteiger partial charge in [0.2, 0.25) is 0 Å². The quantitative estimate of drug-likeness (QED) is 0.707. The number of pyridine rings is 1. The highest BCUT2D eigenvalue weighted by molar-refractivity contribution is 7.90. The fourth-order valence-corrected chi connectivity index (χ4v) is 2.96. The van der Waals surface area contributed by atoms with Crippen LogP contribution in [0.2, 0.25) is 0 Å². The summed E-state index contributed by atoms with van der Waals surface area (Å²) in [4.78, 5) is 26.6. The van der Waals surface area contributed by atoms with E-state index in [0.717, 1.165) is 6.20 Å². The molecule has 8 nitrogen and oxygen atoms in total. The summed E-state index contributed by atoms with van der Waals surface area (Å²) in [6, 6.07) is 10.1. The number of aromatic nitrogens is 1. The molecule has 1 aromatic heterocycles. The summed E-state index contributed by atoms with van der Waals surface area (Å²) in [7, 11) is -4.13. The second kappa shape index (κ2) is 7.55. The van der Waals surface area contributed by atoms with Gasteiger partial charge in [-0.2, -0.15) is 0 Å². The summed E-state index contributed by atoms with van der Waals surface area (Å²) in [6.45, 7) is 0. The van der Waals surface area contributed by atoms with Crippen LogP contribution in [0.4, 0.5) is 4.79 Å². The molecule has 0 aliphatic heterocycles. The number of benzene rings is 1. The van der Waals surface area contributed by atoms with E-state index in [2.05, 4.69) is 4.98 Å². The van der Waals surface area contributed by atoms with Gasteiger partial charge in [0.05, 0.1) is 0 Å². The van der Waals surface area contributed by atoms with Crippen LogP contribution in [-0.2, 0) is 21.2 Å². The topological polar surface area (TPSA) is 125 Å². The van der Waals surface area contributed by atoms with Gasteiger partial charge >= 0.3 is 6.09 Å². The Balaban J connectivity index is 2.17. The van der Waals surface area contributed by atoms with Gasteiger partial charge in [0.25, 0.3) is 15.9 Å². The molecule has 0 saturated carbocycles. The van der Waals surface area contributed by atoms with E-state index in [1.807, 2.05) is 10.0 Å². The highest BCUT2D eigenvalue weighted by Gasteiger charge is 2.26. The number of carboxylic acid groups (broad SMARTS) is 1. The molecular weight excluding hydrogens is 334 g/mol. The number of rotatable bonds is 6. The fourth-order valence-electron chi connectivity index (χ4n) is 1.98. The average Bonchev–Trinajstić information content (AvgIpc) is 2.55. The molecular formula is C15H15N3O5S. The second-order valence-corrected chi connectivity index (χ2v) is 6.53. The molecule has 1 unspecified atom stereocenters. The fraction of sp³-hybridized carbons (Fsp3) is 0.133. The third-order valence-corrected chi connectivity index (χ3v) is 4.41. The first-order valence-corrected chi connectivity index (χ1v) is 8.37. The standard InChI is InChI=1S/C15H15N3O5S/c19-14(18-24(22,23)12-7-4-8-16-10-12)13(17-15(20)21)9-11-5-2-1-3-6-11/h1-8,10,13,17H,9H2,(H,18,19)(H,20,21). The molecule has 3 N–H and O–H groups in total. The van der Waals surface area contributed by atoms with Crippen molar-refractivity contribution in [2.75, 3.05) is 0 Å². The Bertz CT molecular complexity index is 810. The van der Waals surface area contributed by atoms with Crippen molar-refractivity contribution in [1.29, 1.82) is 0 Å². The largest absolute Gasteiger partial charge is 0.465 e. The van der Waals surface area contributed by atoms with E-state index < -0.39 is 28.1 Å². The number of amides is 2. The minimum atomic E-state index is -4.13. The number of hydrogen-bond donors (Lipinski definition) is 3. The summed E-state index contributed by atoms with van der Waals surface area (Å²) >= 11 is 0. The van der Waals surface area contributed by atoms with Crippen LogP contribution < -0.4 is 10.0 Å². The number of hydrogen-bond acceptors (Lipinski definition) is 5. The molecule has 0 aliphatic rings. The maximum Gasteiger partial charge on any atom is 0.405 e. The minimum Gasteiger partial charge on any atom is -0.465 e. The molecule has 0 bridgehead atoms. The van der Waals surface area contributed by atoms with Crippen LogP contribution in [-0.4, -0.2) is 36.6 Å². The highest BCUT2D eigenvalue weighted by atomic mass is 32.2. The minimum absolute atomic E-state index is 0.0154. The van der Waals surface area contributed by atoms with Gasteiger partial charge in [-0.15, -0.1) is 0 Å². The Morgan fingerprint density at radius 2 is 1.83 bits per heavy atom. The van der Waals surface area contributed by atoms with Crippen molar-refractivity contribution in [2.24, 2.45) is 0 Å². The van der Waals surface area contributed by atoms with Crippen LogP contribution in [0.25, 0.3) is 0 Å². The molecule has 2 aromatic rings. The second-order valence-electron chi connectivity index (χ2n) is 4.85. The predicted octanol–water partition coefficient (Wildman–Crippen LogP) is 0.765. The molecule has 24 heavy (non-hydrogen) atoms. The SMILES string of the molecule is O=C(O)NC(Cc1ccccc1)C(=O)NS(=O)(=O)c1cccnc1. The Morgan fingerprint density at radius 3 is 2.42 bits per heavy atom. The Hall–Kier alpha value is -2.94. The predicted molar refractivity (Wildman–Crippen MR) is 84.7 cm³/mol. The van der Waals surface area contributed by atoms with E-state index in [0.29, 0.717) is 5.56 Å². The van der Waals surface area contributed by atoms with Gasteiger partial charge in [0.1, 0.15) is 10.9 Å². The van der Waals surface area contributed by atoms with Crippen molar-refractivity contribution in [3.05, 3.63) is 60.4 Å². The van der Waals surface area contributed by atoms with Crippen molar-refractivity contribution < 1.29 is 23.1 Å². The zero-order valence-corrected chi connectivity index (χ0v) is 13.2. The number of sulfonamides is 1. The van der Waals surface area contributed by atoms with E-state index in [1.165, 1.54) is 18.3 Å². The first kappa shape index (κ1) is 17.4. The van der Waals surface area contributed by atoms with Gasteiger partial charge < -0.3 is 10.4 Å². The van der Waals surface area contributed by atoms with Crippen molar-refractivity contribution in [2.45, 2.75) is 17.4 Å². The van der Waals surface area contributed by atoms with Crippen molar-refractivity contribution in [3.63, 3.8) is 0 Å². The lowest BCUT2D eigenvalue weighted by Crippen LogP contribution is -2.49. The lowest BCUT2D eigenvalue weighted by atomic mass is 10.1. The molecule has 126 valence electrons. The van der Waals surface area contributed by atoms with E-state index in [1.54, 1.807) is 30.3 Å². The van der Waals surface area contributed by atoms with Gasteiger partial charge in [-0.25, -0.2) is 17.9 Å². The summed E-state index contributed by atoms with van der Waals surface area (Å²) in [5, 5.41) is 10.9. The molecule has 9 heteroatoms. The number of carbonyl (C=O) groups excluding carboxylic acids is 1. The maximum atomic E-state index is 12.2. The summed E-state index contributed by atoms with van der Waals surface area (Å²) in [6.07, 6.45) is 1.07. The van der Waals surface area contributed by atoms with Crippen LogP contribution in [0, 0.1) is 0 Å². The lowest BCUT2D eigenvalue weighted by Gasteiger charge is -2.17. The molecule has 2 amide bonds. The van der Waals surface area contributed by atoms with Crippen molar-refractivity contribution >= 4 is 22.0 Å². The number of nitrogens with one attached hydrogen (secondary N) is 2. The Labute approximate surface area is 138 Å². The first-order chi connectivity index (χ1) is 11.4. The Morgan fingerprint density at radius 1 is 1.12 bits per heavy atom. The molecule has 0 spiro atoms. The van der Waals surface area contributed by atoms with Gasteiger partial charge in [-0.1, -0.05) is 30.3 Å². The molecule has 1 heterocycles. The smallest absolute Gasteiger partial charge is 0.405 e. The highest BCUT2D eigenvalue weighted by Crippen LogP contribution is 2.08. The lowest BCUT2D eigenvalue weighted by molar-refractivity contribution is -0.121. The van der Waals surface area contributed by atoms with Crippen LogP contribution in [0.1, 0.15) is 5.56 Å². The molecule has 0 fully saturated rings. The normalized spacial score (nSPS) is 12.2. The zero-order valence-electron chi connectivity index (χ0n) is 12.4. The summed E-state index contributed by atoms with van der Waals surface area (Å²) in [5.41, 5.74) is 0.685. The first-order valence-electron chi connectivity index (χ1n) is 6.88. The third-order valence-electron chi connectivity index (χ3n) is 3.08. The molecule has 0 aliphatic carbocycles. The number of carbonyl (C=O) groups is 2. The Kier molecular flexibility index (Phi) is 5.48. The van der Waals surface area contributed by atoms with Gasteiger partial charge in [0.15, 0.2) is 0 Å². The molecule has 2 rings (SSSR count). The van der Waals surface area contributed by atoms with Crippen LogP contribution in [0.3, 0.4) is 0 Å². The van der Waals surface area contributed by atoms with Crippen LogP contribution in [0.15, 0.2) is 59.8 Å². The summed E-state index contributed by atoms with van der Waals surface area (Å²) < 4.78 is 26.1. The number of nitrogens with zero attached hydrogens (tertiary/aromatic N) is 1. The molecule has 0 saturated heterocycles. The van der Waals surface area contributed by atoms with Gasteiger partial charge in [-0.3, -0.25) is 9.78 Å².